The number of hydrogen-bond acceptors (Lipinski definition) is 4. The van der Waals surface area contributed by atoms with Crippen molar-refractivity contribution in [2.75, 3.05) is 0 Å². The molecule has 0 amide bonds. The Labute approximate surface area is 176 Å². The minimum Gasteiger partial charge on any atom is -0.545 e. The summed E-state index contributed by atoms with van der Waals surface area (Å²) in [5, 5.41) is 15.6. The highest BCUT2D eigenvalue weighted by Gasteiger charge is 2.11. The molecule has 29 heavy (non-hydrogen) atoms. The van der Waals surface area contributed by atoms with Crippen molar-refractivity contribution >= 4 is 33.8 Å². The third-order valence-electron chi connectivity index (χ3n) is 4.34. The van der Waals surface area contributed by atoms with E-state index in [4.69, 9.17) is 5.10 Å². The number of aromatic carboxylic acids is 1. The van der Waals surface area contributed by atoms with Gasteiger partial charge in [-0.2, -0.15) is 5.10 Å². The fourth-order valence-electron chi connectivity index (χ4n) is 2.85. The number of carboxylic acids is 1. The molecule has 0 saturated heterocycles. The quantitative estimate of drug-likeness (QED) is 0.427. The lowest BCUT2D eigenvalue weighted by Crippen LogP contribution is -2.21. The highest BCUT2D eigenvalue weighted by Crippen LogP contribution is 2.25. The summed E-state index contributed by atoms with van der Waals surface area (Å²) in [7, 11) is 0. The molecule has 142 valence electrons. The molecule has 3 aromatic carbocycles. The van der Waals surface area contributed by atoms with Gasteiger partial charge >= 0.3 is 0 Å². The van der Waals surface area contributed by atoms with Gasteiger partial charge in [-0.15, -0.1) is 0 Å². The van der Waals surface area contributed by atoms with Crippen LogP contribution in [0.2, 0.25) is 0 Å². The Morgan fingerprint density at radius 3 is 2.31 bits per heavy atom. The molecule has 4 rings (SSSR count). The van der Waals surface area contributed by atoms with Gasteiger partial charge in [0.1, 0.15) is 5.69 Å². The topological polar surface area (TPSA) is 70.3 Å². The molecule has 0 N–H and O–H groups in total. The van der Waals surface area contributed by atoms with Crippen molar-refractivity contribution in [3.8, 4) is 16.9 Å². The van der Waals surface area contributed by atoms with Crippen LogP contribution in [0, 0.1) is 0 Å². The number of benzene rings is 3. The van der Waals surface area contributed by atoms with E-state index in [1.165, 1.54) is 12.1 Å². The molecule has 0 atom stereocenters. The molecule has 0 saturated carbocycles. The Bertz CT molecular complexity index is 1170. The van der Waals surface area contributed by atoms with Crippen LogP contribution in [0.15, 0.2) is 94.5 Å². The smallest absolute Gasteiger partial charge is 0.101 e. The van der Waals surface area contributed by atoms with Crippen molar-refractivity contribution in [2.45, 2.75) is 0 Å². The van der Waals surface area contributed by atoms with E-state index in [0.29, 0.717) is 5.69 Å². The highest BCUT2D eigenvalue weighted by molar-refractivity contribution is 9.10. The number of nitrogens with zero attached hydrogens (tertiary/aromatic N) is 3. The average molecular weight is 445 g/mol. The van der Waals surface area contributed by atoms with Gasteiger partial charge in [0.2, 0.25) is 0 Å². The predicted molar refractivity (Wildman–Crippen MR) is 115 cm³/mol. The zero-order chi connectivity index (χ0) is 20.2. The summed E-state index contributed by atoms with van der Waals surface area (Å²) in [5.41, 5.74) is 4.33. The molecular formula is C23H15BrN3O2-. The molecule has 0 unspecified atom stereocenters. The van der Waals surface area contributed by atoms with E-state index in [9.17, 15) is 9.90 Å². The number of halogens is 1. The Hall–Kier alpha value is -3.51. The molecule has 0 aliphatic heterocycles. The molecule has 1 heterocycles. The summed E-state index contributed by atoms with van der Waals surface area (Å²) in [4.78, 5) is 15.4. The molecule has 0 bridgehead atoms. The molecule has 5 nitrogen and oxygen atoms in total. The molecule has 4 aromatic rings. The average Bonchev–Trinajstić information content (AvgIpc) is 3.18. The molecule has 6 heteroatoms. The van der Waals surface area contributed by atoms with Crippen molar-refractivity contribution in [1.29, 1.82) is 0 Å². The first kappa shape index (κ1) is 18.8. The van der Waals surface area contributed by atoms with Gasteiger partial charge in [-0.25, -0.2) is 4.68 Å². The number of carboxylic acid groups (broad SMARTS) is 1. The number of para-hydroxylation sites is 1. The molecule has 0 spiro atoms. The van der Waals surface area contributed by atoms with Crippen molar-refractivity contribution in [2.24, 2.45) is 4.99 Å². The molecule has 0 radical (unpaired) electrons. The summed E-state index contributed by atoms with van der Waals surface area (Å²) >= 11 is 3.46. The molecule has 0 aliphatic carbocycles. The van der Waals surface area contributed by atoms with Gasteiger partial charge in [0.15, 0.2) is 0 Å². The number of aliphatic imine (C=N–C) groups is 1. The van der Waals surface area contributed by atoms with Gasteiger partial charge in [0.05, 0.1) is 17.3 Å². The standard InChI is InChI=1S/C23H16BrN3O2/c24-19-10-6-16(7-11-19)22-18(15-27(26-22)21-4-2-1-3-5-21)14-25-20-12-8-17(9-13-20)23(28)29/h1-15H,(H,28,29)/p-1. The zero-order valence-corrected chi connectivity index (χ0v) is 16.8. The van der Waals surface area contributed by atoms with Crippen LogP contribution in [0.5, 0.6) is 0 Å². The van der Waals surface area contributed by atoms with E-state index in [1.54, 1.807) is 18.3 Å². The maximum Gasteiger partial charge on any atom is 0.101 e. The van der Waals surface area contributed by atoms with Crippen LogP contribution in [0.25, 0.3) is 16.9 Å². The van der Waals surface area contributed by atoms with Gasteiger partial charge < -0.3 is 9.90 Å². The first-order valence-corrected chi connectivity index (χ1v) is 9.66. The summed E-state index contributed by atoms with van der Waals surface area (Å²) < 4.78 is 2.81. The van der Waals surface area contributed by atoms with Crippen LogP contribution in [-0.2, 0) is 0 Å². The van der Waals surface area contributed by atoms with Gasteiger partial charge in [-0.1, -0.05) is 58.4 Å². The number of carbonyl (C=O) groups excluding carboxylic acids is 1. The lowest BCUT2D eigenvalue weighted by atomic mass is 10.1. The van der Waals surface area contributed by atoms with Crippen LogP contribution in [-0.4, -0.2) is 22.0 Å². The maximum absolute atomic E-state index is 10.9. The first-order valence-electron chi connectivity index (χ1n) is 8.87. The lowest BCUT2D eigenvalue weighted by Gasteiger charge is -2.02. The highest BCUT2D eigenvalue weighted by atomic mass is 79.9. The maximum atomic E-state index is 10.9. The second kappa shape index (κ2) is 8.24. The molecule has 0 aliphatic rings. The van der Waals surface area contributed by atoms with Crippen LogP contribution in [0.1, 0.15) is 15.9 Å². The van der Waals surface area contributed by atoms with E-state index >= 15 is 0 Å². The van der Waals surface area contributed by atoms with Crippen LogP contribution < -0.4 is 5.11 Å². The van der Waals surface area contributed by atoms with Crippen LogP contribution in [0.3, 0.4) is 0 Å². The lowest BCUT2D eigenvalue weighted by molar-refractivity contribution is -0.255. The van der Waals surface area contributed by atoms with Crippen LogP contribution in [0.4, 0.5) is 5.69 Å². The van der Waals surface area contributed by atoms with E-state index in [2.05, 4.69) is 20.9 Å². The Morgan fingerprint density at radius 2 is 1.66 bits per heavy atom. The largest absolute Gasteiger partial charge is 0.545 e. The second-order valence-corrected chi connectivity index (χ2v) is 7.23. The van der Waals surface area contributed by atoms with Gasteiger partial charge in [0.25, 0.3) is 0 Å². The summed E-state index contributed by atoms with van der Waals surface area (Å²) in [5.74, 6) is -1.21. The minimum atomic E-state index is -1.21. The van der Waals surface area contributed by atoms with E-state index in [1.807, 2.05) is 65.5 Å². The minimum absolute atomic E-state index is 0.122. The molecule has 1 aromatic heterocycles. The van der Waals surface area contributed by atoms with E-state index in [-0.39, 0.29) is 5.56 Å². The number of rotatable bonds is 5. The molecular weight excluding hydrogens is 430 g/mol. The molecule has 0 fully saturated rings. The van der Waals surface area contributed by atoms with E-state index < -0.39 is 5.97 Å². The first-order chi connectivity index (χ1) is 14.1. The fraction of sp³-hybridized carbons (Fsp3) is 0. The summed E-state index contributed by atoms with van der Waals surface area (Å²) in [6, 6.07) is 24.0. The zero-order valence-electron chi connectivity index (χ0n) is 15.2. The predicted octanol–water partition coefficient (Wildman–Crippen LogP) is 4.42. The Balaban J connectivity index is 1.73. The van der Waals surface area contributed by atoms with Gasteiger partial charge in [0, 0.05) is 28.0 Å². The number of aromatic nitrogens is 2. The SMILES string of the molecule is O=C([O-])c1ccc(N=Cc2cn(-c3ccccc3)nc2-c2ccc(Br)cc2)cc1. The van der Waals surface area contributed by atoms with Gasteiger partial charge in [-0.3, -0.25) is 4.99 Å². The number of carbonyl (C=O) groups is 1. The Morgan fingerprint density at radius 1 is 0.966 bits per heavy atom. The summed E-state index contributed by atoms with van der Waals surface area (Å²) in [6.45, 7) is 0. The van der Waals surface area contributed by atoms with E-state index in [0.717, 1.165) is 27.0 Å². The fourth-order valence-corrected chi connectivity index (χ4v) is 3.12. The van der Waals surface area contributed by atoms with Crippen molar-refractivity contribution < 1.29 is 9.90 Å². The normalized spacial score (nSPS) is 11.1. The Kier molecular flexibility index (Phi) is 5.35. The van der Waals surface area contributed by atoms with Gasteiger partial charge in [-0.05, 0) is 42.0 Å². The number of hydrogen-bond donors (Lipinski definition) is 0. The second-order valence-electron chi connectivity index (χ2n) is 6.31. The van der Waals surface area contributed by atoms with Crippen LogP contribution >= 0.6 is 15.9 Å². The third kappa shape index (κ3) is 4.33. The summed E-state index contributed by atoms with van der Waals surface area (Å²) in [6.07, 6.45) is 3.66. The van der Waals surface area contributed by atoms with Crippen molar-refractivity contribution in [1.82, 2.24) is 9.78 Å². The monoisotopic (exact) mass is 444 g/mol. The van der Waals surface area contributed by atoms with Crippen molar-refractivity contribution in [3.05, 3.63) is 101 Å². The van der Waals surface area contributed by atoms with Crippen molar-refractivity contribution in [3.63, 3.8) is 0 Å². The third-order valence-corrected chi connectivity index (χ3v) is 4.87.